The maximum atomic E-state index is 9.00. The monoisotopic (exact) mass is 362 g/mol. The van der Waals surface area contributed by atoms with Gasteiger partial charge in [0.05, 0.1) is 0 Å². The second kappa shape index (κ2) is 13.6. The molecule has 1 N–H and O–H groups in total. The van der Waals surface area contributed by atoms with E-state index in [-0.39, 0.29) is 0 Å². The first kappa shape index (κ1) is 23.5. The molecule has 1 nitrogen and oxygen atoms in total. The summed E-state index contributed by atoms with van der Waals surface area (Å²) >= 11 is 0. The van der Waals surface area contributed by atoms with Gasteiger partial charge in [-0.3, -0.25) is 0 Å². The molecule has 4 rings (SSSR count). The lowest BCUT2D eigenvalue weighted by Crippen LogP contribution is -1.88. The second-order valence-corrected chi connectivity index (χ2v) is 7.83. The zero-order chi connectivity index (χ0) is 19.4. The van der Waals surface area contributed by atoms with Crippen LogP contribution in [0.5, 0.6) is 0 Å². The zero-order valence-electron chi connectivity index (χ0n) is 18.3. The van der Waals surface area contributed by atoms with Gasteiger partial charge in [-0.1, -0.05) is 65.3 Å². The standard InChI is InChI=1S/C11H18.C10H16O.2C2H6/c1-2-9-10-7-5-3-4-6-8-11(9)10;11-7-10-8-5-3-1-2-4-6-9(8)10;2*1-2/h3-4,9-11H,2,5-8H2,1H3;1-2,8-11H,3-7H2;2*1-2H3/b4-3-;2-1-;;/t9?,10-,11+;8-,9+,10?;;. The van der Waals surface area contributed by atoms with Crippen molar-refractivity contribution in [2.45, 2.75) is 92.4 Å². The van der Waals surface area contributed by atoms with Crippen LogP contribution < -0.4 is 0 Å². The first-order chi connectivity index (χ1) is 12.9. The van der Waals surface area contributed by atoms with Crippen LogP contribution in [0.15, 0.2) is 24.3 Å². The van der Waals surface area contributed by atoms with E-state index in [1.54, 1.807) is 0 Å². The highest BCUT2D eigenvalue weighted by Crippen LogP contribution is 2.54. The minimum absolute atomic E-state index is 0.426. The molecule has 4 aliphatic rings. The van der Waals surface area contributed by atoms with Gasteiger partial charge in [0.25, 0.3) is 0 Å². The van der Waals surface area contributed by atoms with Gasteiger partial charge in [0.15, 0.2) is 0 Å². The average molecular weight is 363 g/mol. The summed E-state index contributed by atoms with van der Waals surface area (Å²) in [4.78, 5) is 0. The normalized spacial score (nSPS) is 38.8. The van der Waals surface area contributed by atoms with Crippen molar-refractivity contribution in [1.29, 1.82) is 0 Å². The Morgan fingerprint density at radius 2 is 0.923 bits per heavy atom. The van der Waals surface area contributed by atoms with Gasteiger partial charge in [0.1, 0.15) is 0 Å². The van der Waals surface area contributed by atoms with E-state index in [4.69, 9.17) is 5.11 Å². The van der Waals surface area contributed by atoms with Crippen LogP contribution in [0.3, 0.4) is 0 Å². The Kier molecular flexibility index (Phi) is 12.3. The van der Waals surface area contributed by atoms with Gasteiger partial charge in [-0.2, -0.15) is 0 Å². The van der Waals surface area contributed by atoms with Gasteiger partial charge >= 0.3 is 0 Å². The SMILES string of the molecule is CC.CC.CCC1[C@H]2CC/C=C\CC[C@@H]12.OCC1[C@H]2CC/C=C\CC[C@@H]12. The van der Waals surface area contributed by atoms with Crippen LogP contribution in [0.4, 0.5) is 0 Å². The Bertz CT molecular complexity index is 327. The lowest BCUT2D eigenvalue weighted by Gasteiger charge is -1.99. The summed E-state index contributed by atoms with van der Waals surface area (Å²) in [6.07, 6.45) is 21.5. The van der Waals surface area contributed by atoms with E-state index in [0.717, 1.165) is 29.6 Å². The summed E-state index contributed by atoms with van der Waals surface area (Å²) in [5.74, 6) is 5.73. The Morgan fingerprint density at radius 3 is 1.19 bits per heavy atom. The molecule has 1 heteroatoms. The number of fused-ring (bicyclic) bond motifs is 2. The molecule has 0 aliphatic heterocycles. The maximum Gasteiger partial charge on any atom is 0.0464 e. The van der Waals surface area contributed by atoms with Crippen molar-refractivity contribution in [3.05, 3.63) is 24.3 Å². The van der Waals surface area contributed by atoms with Crippen molar-refractivity contribution >= 4 is 0 Å². The highest BCUT2D eigenvalue weighted by atomic mass is 16.3. The first-order valence-corrected chi connectivity index (χ1v) is 11.8. The molecule has 0 heterocycles. The summed E-state index contributed by atoms with van der Waals surface area (Å²) in [5, 5.41) is 9.00. The van der Waals surface area contributed by atoms with Gasteiger partial charge in [0, 0.05) is 6.61 Å². The zero-order valence-corrected chi connectivity index (χ0v) is 18.3. The lowest BCUT2D eigenvalue weighted by molar-refractivity contribution is 0.262. The van der Waals surface area contributed by atoms with Gasteiger partial charge in [-0.05, 0) is 86.9 Å². The molecule has 6 atom stereocenters. The van der Waals surface area contributed by atoms with Gasteiger partial charge in [0.2, 0.25) is 0 Å². The fourth-order valence-corrected chi connectivity index (χ4v) is 5.26. The van der Waals surface area contributed by atoms with E-state index in [1.165, 1.54) is 57.8 Å². The molecule has 0 radical (unpaired) electrons. The van der Waals surface area contributed by atoms with Crippen molar-refractivity contribution in [3.8, 4) is 0 Å². The molecule has 2 unspecified atom stereocenters. The van der Waals surface area contributed by atoms with Crippen LogP contribution in [0.2, 0.25) is 0 Å². The summed E-state index contributed by atoms with van der Waals surface area (Å²) in [5.41, 5.74) is 0. The van der Waals surface area contributed by atoms with E-state index in [1.807, 2.05) is 27.7 Å². The molecular formula is C25H46O. The van der Waals surface area contributed by atoms with Crippen LogP contribution in [-0.4, -0.2) is 11.7 Å². The third kappa shape index (κ3) is 6.87. The molecule has 0 bridgehead atoms. The van der Waals surface area contributed by atoms with E-state index >= 15 is 0 Å². The Balaban J connectivity index is 0.000000219. The Hall–Kier alpha value is -0.560. The van der Waals surface area contributed by atoms with Crippen molar-refractivity contribution in [2.24, 2.45) is 35.5 Å². The summed E-state index contributed by atoms with van der Waals surface area (Å²) < 4.78 is 0. The van der Waals surface area contributed by atoms with Crippen LogP contribution in [0.25, 0.3) is 0 Å². The van der Waals surface area contributed by atoms with Crippen LogP contribution in [-0.2, 0) is 0 Å². The summed E-state index contributed by atoms with van der Waals surface area (Å²) in [6, 6.07) is 0. The molecule has 2 fully saturated rings. The smallest absolute Gasteiger partial charge is 0.0464 e. The summed E-state index contributed by atoms with van der Waals surface area (Å²) in [7, 11) is 0. The largest absolute Gasteiger partial charge is 0.396 e. The van der Waals surface area contributed by atoms with Crippen molar-refractivity contribution in [1.82, 2.24) is 0 Å². The third-order valence-electron chi connectivity index (χ3n) is 6.70. The number of rotatable bonds is 2. The molecule has 0 aromatic rings. The van der Waals surface area contributed by atoms with Crippen molar-refractivity contribution in [2.75, 3.05) is 6.61 Å². The third-order valence-corrected chi connectivity index (χ3v) is 6.70. The predicted molar refractivity (Wildman–Crippen MR) is 116 cm³/mol. The summed E-state index contributed by atoms with van der Waals surface area (Å²) in [6.45, 7) is 10.8. The molecule has 26 heavy (non-hydrogen) atoms. The number of hydrogen-bond donors (Lipinski definition) is 1. The van der Waals surface area contributed by atoms with Gasteiger partial charge in [-0.25, -0.2) is 0 Å². The quantitative estimate of drug-likeness (QED) is 0.507. The molecule has 0 aromatic heterocycles. The number of aliphatic hydroxyl groups excluding tert-OH is 1. The van der Waals surface area contributed by atoms with E-state index in [0.29, 0.717) is 12.5 Å². The minimum Gasteiger partial charge on any atom is -0.396 e. The molecule has 0 saturated heterocycles. The van der Waals surface area contributed by atoms with Gasteiger partial charge in [-0.15, -0.1) is 0 Å². The lowest BCUT2D eigenvalue weighted by atomic mass is 10.1. The molecule has 4 aliphatic carbocycles. The van der Waals surface area contributed by atoms with Crippen LogP contribution in [0, 0.1) is 35.5 Å². The Labute approximate surface area is 164 Å². The molecule has 0 amide bonds. The van der Waals surface area contributed by atoms with Crippen molar-refractivity contribution in [3.63, 3.8) is 0 Å². The van der Waals surface area contributed by atoms with Crippen molar-refractivity contribution < 1.29 is 5.11 Å². The highest BCUT2D eigenvalue weighted by Gasteiger charge is 2.48. The van der Waals surface area contributed by atoms with Crippen LogP contribution >= 0.6 is 0 Å². The predicted octanol–water partition coefficient (Wildman–Crippen LogP) is 7.41. The van der Waals surface area contributed by atoms with Crippen LogP contribution in [0.1, 0.15) is 92.4 Å². The fourth-order valence-electron chi connectivity index (χ4n) is 5.26. The molecule has 152 valence electrons. The molecule has 2 saturated carbocycles. The maximum absolute atomic E-state index is 9.00. The van der Waals surface area contributed by atoms with E-state index in [2.05, 4.69) is 31.2 Å². The van der Waals surface area contributed by atoms with E-state index < -0.39 is 0 Å². The van der Waals surface area contributed by atoms with E-state index in [9.17, 15) is 0 Å². The molecular weight excluding hydrogens is 316 g/mol. The number of allylic oxidation sites excluding steroid dienone is 4. The highest BCUT2D eigenvalue weighted by molar-refractivity contribution is 5.01. The molecule has 0 aromatic carbocycles. The first-order valence-electron chi connectivity index (χ1n) is 11.8. The fraction of sp³-hybridized carbons (Fsp3) is 0.840. The minimum atomic E-state index is 0.426. The van der Waals surface area contributed by atoms with Gasteiger partial charge < -0.3 is 5.11 Å². The number of hydrogen-bond acceptors (Lipinski definition) is 1. The topological polar surface area (TPSA) is 20.2 Å². The average Bonchev–Trinajstić information content (AvgIpc) is 3.52. The Morgan fingerprint density at radius 1 is 0.615 bits per heavy atom. The second-order valence-electron chi connectivity index (χ2n) is 7.83. The molecule has 0 spiro atoms. The number of aliphatic hydroxyl groups is 1.